The molecule has 3 N–H and O–H groups in total. The van der Waals surface area contributed by atoms with Gasteiger partial charge in [0.1, 0.15) is 13.9 Å². The molecule has 0 saturated carbocycles. The van der Waals surface area contributed by atoms with Gasteiger partial charge < -0.3 is 38.9 Å². The molecular formula is C6H7MgNaO9P+. The molecule has 18 heavy (non-hydrogen) atoms. The maximum atomic E-state index is 10.9. The van der Waals surface area contributed by atoms with Crippen molar-refractivity contribution in [2.75, 3.05) is 6.61 Å². The van der Waals surface area contributed by atoms with Crippen molar-refractivity contribution in [2.45, 2.75) is 12.2 Å². The van der Waals surface area contributed by atoms with Crippen LogP contribution in [0.2, 0.25) is 0 Å². The zero-order valence-corrected chi connectivity index (χ0v) is 13.6. The number of hydrogen-bond acceptors (Lipinski definition) is 9. The van der Waals surface area contributed by atoms with Gasteiger partial charge in [0.2, 0.25) is 0 Å². The number of ether oxygens (including phenoxy) is 1. The minimum Gasteiger partial charge on any atom is -0.780 e. The molecule has 0 aliphatic carbocycles. The summed E-state index contributed by atoms with van der Waals surface area (Å²) >= 11 is 0. The van der Waals surface area contributed by atoms with E-state index in [9.17, 15) is 24.3 Å². The van der Waals surface area contributed by atoms with E-state index in [-0.39, 0.29) is 52.6 Å². The van der Waals surface area contributed by atoms with Crippen LogP contribution in [0.15, 0.2) is 11.5 Å². The fourth-order valence-corrected chi connectivity index (χ4v) is 1.40. The summed E-state index contributed by atoms with van der Waals surface area (Å²) in [7, 11) is -5.52. The van der Waals surface area contributed by atoms with E-state index in [1.165, 1.54) is 0 Å². The average Bonchev–Trinajstić information content (AvgIpc) is 2.42. The van der Waals surface area contributed by atoms with Crippen LogP contribution in [0.25, 0.3) is 0 Å². The zero-order chi connectivity index (χ0) is 12.5. The van der Waals surface area contributed by atoms with Gasteiger partial charge in [0.25, 0.3) is 5.76 Å². The number of cyclic esters (lactones) is 1. The fraction of sp³-hybridized carbons (Fsp3) is 0.500. The summed E-state index contributed by atoms with van der Waals surface area (Å²) in [6.45, 7) is -0.846. The van der Waals surface area contributed by atoms with E-state index in [1.807, 2.05) is 0 Å². The molecule has 0 amide bonds. The van der Waals surface area contributed by atoms with Crippen LogP contribution in [-0.2, 0) is 18.6 Å². The van der Waals surface area contributed by atoms with Crippen LogP contribution in [0.5, 0.6) is 0 Å². The van der Waals surface area contributed by atoms with Crippen molar-refractivity contribution < 1.29 is 73.3 Å². The van der Waals surface area contributed by atoms with Crippen molar-refractivity contribution in [3.05, 3.63) is 11.5 Å². The van der Waals surface area contributed by atoms with Crippen LogP contribution in [0.4, 0.5) is 0 Å². The first-order valence-corrected chi connectivity index (χ1v) is 5.37. The van der Waals surface area contributed by atoms with Crippen LogP contribution >= 0.6 is 7.82 Å². The molecule has 0 radical (unpaired) electrons. The molecule has 1 heterocycles. The largest absolute Gasteiger partial charge is 2.00 e. The molecule has 0 unspecified atom stereocenters. The Kier molecular flexibility index (Phi) is 9.37. The van der Waals surface area contributed by atoms with E-state index in [0.717, 1.165) is 0 Å². The maximum Gasteiger partial charge on any atom is 2.00 e. The minimum absolute atomic E-state index is 0. The summed E-state index contributed by atoms with van der Waals surface area (Å²) in [5.41, 5.74) is 0. The normalized spacial score (nSPS) is 20.7. The molecule has 9 nitrogen and oxygen atoms in total. The molecule has 1 aliphatic heterocycles. The van der Waals surface area contributed by atoms with E-state index in [1.54, 1.807) is 0 Å². The van der Waals surface area contributed by atoms with Gasteiger partial charge in [-0.15, -0.1) is 0 Å². The van der Waals surface area contributed by atoms with Gasteiger partial charge in [-0.25, -0.2) is 4.79 Å². The van der Waals surface area contributed by atoms with Crippen molar-refractivity contribution >= 4 is 36.8 Å². The van der Waals surface area contributed by atoms with Crippen molar-refractivity contribution in [3.8, 4) is 0 Å². The first-order valence-electron chi connectivity index (χ1n) is 3.91. The molecule has 1 rings (SSSR count). The topological polar surface area (TPSA) is 159 Å². The van der Waals surface area contributed by atoms with Gasteiger partial charge in [-0.3, -0.25) is 0 Å². The summed E-state index contributed by atoms with van der Waals surface area (Å²) < 4.78 is 18.2. The van der Waals surface area contributed by atoms with Crippen LogP contribution in [-0.4, -0.2) is 63.2 Å². The third-order valence-electron chi connectivity index (χ3n) is 1.66. The molecule has 0 bridgehead atoms. The Balaban J connectivity index is 0. The third kappa shape index (κ3) is 5.33. The molecule has 0 spiro atoms. The minimum atomic E-state index is -5.52. The van der Waals surface area contributed by atoms with Crippen molar-refractivity contribution in [1.82, 2.24) is 0 Å². The molecule has 92 valence electrons. The summed E-state index contributed by atoms with van der Waals surface area (Å²) in [4.78, 5) is 31.4. The third-order valence-corrected chi connectivity index (χ3v) is 2.07. The molecule has 0 aromatic heterocycles. The SMILES string of the molecule is O=C1O[C@H]([C@@H](O)CO)C(O)=C1OP(=O)([O-])[O-].[Mg+2].[Na+]. The number of aliphatic hydroxyl groups is 3. The van der Waals surface area contributed by atoms with E-state index in [0.29, 0.717) is 0 Å². The number of carbonyl (C=O) groups excluding carboxylic acids is 1. The first-order chi connectivity index (χ1) is 7.26. The van der Waals surface area contributed by atoms with E-state index in [4.69, 9.17) is 10.2 Å². The van der Waals surface area contributed by atoms with Crippen molar-refractivity contribution in [2.24, 2.45) is 0 Å². The first kappa shape index (κ1) is 21.0. The van der Waals surface area contributed by atoms with E-state index < -0.39 is 44.1 Å². The molecule has 0 fully saturated rings. The Labute approximate surface area is 139 Å². The zero-order valence-electron chi connectivity index (χ0n) is 9.31. The monoisotopic (exact) mass is 301 g/mol. The number of phosphoric ester groups is 1. The maximum absolute atomic E-state index is 10.9. The number of esters is 1. The van der Waals surface area contributed by atoms with E-state index in [2.05, 4.69) is 9.26 Å². The van der Waals surface area contributed by atoms with Crippen molar-refractivity contribution in [3.63, 3.8) is 0 Å². The molecular weight excluding hydrogens is 294 g/mol. The fourth-order valence-electron chi connectivity index (χ4n) is 1.01. The van der Waals surface area contributed by atoms with Crippen LogP contribution in [0.3, 0.4) is 0 Å². The van der Waals surface area contributed by atoms with Gasteiger partial charge in [0, 0.05) is 0 Å². The van der Waals surface area contributed by atoms with Crippen LogP contribution in [0, 0.1) is 0 Å². The Bertz CT molecular complexity index is 379. The predicted octanol–water partition coefficient (Wildman–Crippen LogP) is -6.50. The van der Waals surface area contributed by atoms with Gasteiger partial charge in [0.15, 0.2) is 11.9 Å². The average molecular weight is 301 g/mol. The second kappa shape index (κ2) is 8.05. The van der Waals surface area contributed by atoms with E-state index >= 15 is 0 Å². The quantitative estimate of drug-likeness (QED) is 0.260. The van der Waals surface area contributed by atoms with Crippen LogP contribution in [0.1, 0.15) is 0 Å². The smallest absolute Gasteiger partial charge is 0.780 e. The standard InChI is InChI=1S/C6H9O9P.Mg.Na/c7-1-2(8)4-3(9)5(6(10)14-4)15-16(11,12)13;;/h2,4,7-9H,1H2,(H2,11,12,13);;/q;+2;+1/p-2/t2-,4+;;/m0../s1. The molecule has 1 aliphatic rings. The summed E-state index contributed by atoms with van der Waals surface area (Å²) in [5, 5.41) is 26.8. The number of carbonyl (C=O) groups is 1. The predicted molar refractivity (Wildman–Crippen MR) is 47.1 cm³/mol. The molecule has 0 aromatic rings. The Morgan fingerprint density at radius 1 is 1.50 bits per heavy atom. The van der Waals surface area contributed by atoms with Crippen LogP contribution < -0.4 is 39.3 Å². The second-order valence-electron chi connectivity index (χ2n) is 2.83. The number of hydrogen-bond donors (Lipinski definition) is 3. The summed E-state index contributed by atoms with van der Waals surface area (Å²) in [6.07, 6.45) is -3.30. The number of rotatable bonds is 4. The molecule has 0 aromatic carbocycles. The van der Waals surface area contributed by atoms with Gasteiger partial charge in [-0.05, 0) is 0 Å². The Morgan fingerprint density at radius 3 is 2.39 bits per heavy atom. The summed E-state index contributed by atoms with van der Waals surface area (Å²) in [6, 6.07) is 0. The number of aliphatic hydroxyl groups excluding tert-OH is 3. The summed E-state index contributed by atoms with van der Waals surface area (Å²) in [5.74, 6) is -3.67. The molecule has 12 heteroatoms. The van der Waals surface area contributed by atoms with Gasteiger partial charge in [0.05, 0.1) is 6.61 Å². The van der Waals surface area contributed by atoms with Crippen molar-refractivity contribution in [1.29, 1.82) is 0 Å². The molecule has 0 saturated heterocycles. The molecule has 2 atom stereocenters. The van der Waals surface area contributed by atoms with Gasteiger partial charge in [-0.1, -0.05) is 0 Å². The Hall–Kier alpha value is 0.646. The Morgan fingerprint density at radius 2 is 2.00 bits per heavy atom. The van der Waals surface area contributed by atoms with Gasteiger partial charge >= 0.3 is 58.6 Å². The van der Waals surface area contributed by atoms with Gasteiger partial charge in [-0.2, -0.15) is 0 Å². The second-order valence-corrected chi connectivity index (χ2v) is 3.91. The number of phosphoric acid groups is 1.